The molecule has 2 unspecified atom stereocenters. The van der Waals surface area contributed by atoms with Crippen LogP contribution in [0.1, 0.15) is 18.1 Å². The van der Waals surface area contributed by atoms with Crippen molar-refractivity contribution in [2.75, 3.05) is 6.54 Å². The van der Waals surface area contributed by atoms with Crippen molar-refractivity contribution < 1.29 is 13.9 Å². The Morgan fingerprint density at radius 1 is 1.10 bits per heavy atom. The minimum absolute atomic E-state index is 0.130. The van der Waals surface area contributed by atoms with E-state index >= 15 is 0 Å². The van der Waals surface area contributed by atoms with E-state index in [2.05, 4.69) is 0 Å². The van der Waals surface area contributed by atoms with Gasteiger partial charge < -0.3 is 10.8 Å². The standard InChI is InChI=1S/C17H19F2NO/c1-12(21)17(11-20,14-7-3-2-4-8-14)10-13-6-5-9-15(18)16(13)19/h2-9,12,21H,10-11,20H2,1H3. The molecule has 0 amide bonds. The molecule has 0 saturated heterocycles. The quantitative estimate of drug-likeness (QED) is 0.890. The van der Waals surface area contributed by atoms with E-state index in [1.165, 1.54) is 12.1 Å². The summed E-state index contributed by atoms with van der Waals surface area (Å²) in [4.78, 5) is 0. The Hall–Kier alpha value is -1.78. The minimum atomic E-state index is -0.892. The highest BCUT2D eigenvalue weighted by molar-refractivity contribution is 5.32. The van der Waals surface area contributed by atoms with Crippen LogP contribution in [0.25, 0.3) is 0 Å². The molecule has 0 heterocycles. The second-order valence-corrected chi connectivity index (χ2v) is 5.29. The van der Waals surface area contributed by atoms with Crippen molar-refractivity contribution in [1.29, 1.82) is 0 Å². The molecule has 2 aromatic carbocycles. The lowest BCUT2D eigenvalue weighted by molar-refractivity contribution is 0.0994. The zero-order valence-corrected chi connectivity index (χ0v) is 11.9. The van der Waals surface area contributed by atoms with Crippen LogP contribution in [0.4, 0.5) is 8.78 Å². The molecule has 2 rings (SSSR count). The van der Waals surface area contributed by atoms with Crippen molar-refractivity contribution in [2.24, 2.45) is 5.73 Å². The number of aliphatic hydroxyl groups excluding tert-OH is 1. The first kappa shape index (κ1) is 15.6. The molecule has 2 atom stereocenters. The monoisotopic (exact) mass is 291 g/mol. The van der Waals surface area contributed by atoms with Gasteiger partial charge in [-0.1, -0.05) is 42.5 Å². The molecule has 0 saturated carbocycles. The summed E-state index contributed by atoms with van der Waals surface area (Å²) < 4.78 is 27.3. The number of aliphatic hydroxyl groups is 1. The Balaban J connectivity index is 2.49. The summed E-state index contributed by atoms with van der Waals surface area (Å²) in [5, 5.41) is 10.2. The Morgan fingerprint density at radius 3 is 2.33 bits per heavy atom. The maximum Gasteiger partial charge on any atom is 0.162 e. The van der Waals surface area contributed by atoms with Gasteiger partial charge in [-0.05, 0) is 30.5 Å². The largest absolute Gasteiger partial charge is 0.392 e. The first-order chi connectivity index (χ1) is 10.0. The summed E-state index contributed by atoms with van der Waals surface area (Å²) in [6, 6.07) is 13.3. The number of nitrogens with two attached hydrogens (primary N) is 1. The molecule has 21 heavy (non-hydrogen) atoms. The third kappa shape index (κ3) is 2.96. The van der Waals surface area contributed by atoms with E-state index in [1.807, 2.05) is 30.3 Å². The van der Waals surface area contributed by atoms with Gasteiger partial charge in [-0.25, -0.2) is 8.78 Å². The molecule has 0 bridgehead atoms. The molecule has 0 fully saturated rings. The first-order valence-corrected chi connectivity index (χ1v) is 6.88. The number of halogens is 2. The maximum absolute atomic E-state index is 14.0. The van der Waals surface area contributed by atoms with Crippen LogP contribution in [0.2, 0.25) is 0 Å². The second-order valence-electron chi connectivity index (χ2n) is 5.29. The van der Waals surface area contributed by atoms with Gasteiger partial charge in [-0.3, -0.25) is 0 Å². The molecule has 0 radical (unpaired) electrons. The second kappa shape index (κ2) is 6.33. The lowest BCUT2D eigenvalue weighted by atomic mass is 9.71. The predicted molar refractivity (Wildman–Crippen MR) is 78.9 cm³/mol. The fourth-order valence-electron chi connectivity index (χ4n) is 2.65. The molecule has 2 aromatic rings. The van der Waals surface area contributed by atoms with Crippen molar-refractivity contribution in [3.8, 4) is 0 Å². The van der Waals surface area contributed by atoms with Gasteiger partial charge in [-0.15, -0.1) is 0 Å². The predicted octanol–water partition coefficient (Wildman–Crippen LogP) is 2.78. The SMILES string of the molecule is CC(O)C(CN)(Cc1cccc(F)c1F)c1ccccc1. The van der Waals surface area contributed by atoms with Gasteiger partial charge in [-0.2, -0.15) is 0 Å². The van der Waals surface area contributed by atoms with E-state index in [0.717, 1.165) is 11.6 Å². The van der Waals surface area contributed by atoms with Gasteiger partial charge in [0.25, 0.3) is 0 Å². The molecule has 0 aliphatic rings. The van der Waals surface area contributed by atoms with Crippen LogP contribution < -0.4 is 5.73 Å². The highest BCUT2D eigenvalue weighted by Crippen LogP contribution is 2.32. The summed E-state index contributed by atoms with van der Waals surface area (Å²) in [7, 11) is 0. The van der Waals surface area contributed by atoms with Crippen LogP contribution in [0.15, 0.2) is 48.5 Å². The van der Waals surface area contributed by atoms with Gasteiger partial charge >= 0.3 is 0 Å². The molecule has 0 aromatic heterocycles. The van der Waals surface area contributed by atoms with E-state index < -0.39 is 23.2 Å². The van der Waals surface area contributed by atoms with Crippen molar-refractivity contribution in [3.63, 3.8) is 0 Å². The van der Waals surface area contributed by atoms with Gasteiger partial charge in [0.15, 0.2) is 11.6 Å². The zero-order chi connectivity index (χ0) is 15.5. The maximum atomic E-state index is 14.0. The fourth-order valence-corrected chi connectivity index (χ4v) is 2.65. The number of hydrogen-bond acceptors (Lipinski definition) is 2. The Bertz CT molecular complexity index is 601. The van der Waals surface area contributed by atoms with E-state index in [9.17, 15) is 13.9 Å². The average molecular weight is 291 g/mol. The van der Waals surface area contributed by atoms with Crippen molar-refractivity contribution in [1.82, 2.24) is 0 Å². The molecule has 0 aliphatic heterocycles. The lowest BCUT2D eigenvalue weighted by Crippen LogP contribution is -2.46. The fraction of sp³-hybridized carbons (Fsp3) is 0.294. The summed E-state index contributed by atoms with van der Waals surface area (Å²) in [6.45, 7) is 1.75. The van der Waals surface area contributed by atoms with Crippen LogP contribution in [0.5, 0.6) is 0 Å². The average Bonchev–Trinajstić information content (AvgIpc) is 2.49. The number of rotatable bonds is 5. The van der Waals surface area contributed by atoms with Gasteiger partial charge in [0.1, 0.15) is 0 Å². The topological polar surface area (TPSA) is 46.2 Å². The van der Waals surface area contributed by atoms with Gasteiger partial charge in [0, 0.05) is 12.0 Å². The first-order valence-electron chi connectivity index (χ1n) is 6.88. The molecule has 0 spiro atoms. The third-order valence-electron chi connectivity index (χ3n) is 4.05. The van der Waals surface area contributed by atoms with E-state index in [0.29, 0.717) is 0 Å². The number of benzene rings is 2. The lowest BCUT2D eigenvalue weighted by Gasteiger charge is -2.36. The van der Waals surface area contributed by atoms with Crippen molar-refractivity contribution in [3.05, 3.63) is 71.3 Å². The van der Waals surface area contributed by atoms with Crippen LogP contribution in [0, 0.1) is 11.6 Å². The highest BCUT2D eigenvalue weighted by Gasteiger charge is 2.37. The van der Waals surface area contributed by atoms with Gasteiger partial charge in [0.05, 0.1) is 6.10 Å². The molecule has 0 aliphatic carbocycles. The number of hydrogen-bond donors (Lipinski definition) is 2. The Morgan fingerprint density at radius 2 is 1.76 bits per heavy atom. The molecule has 112 valence electrons. The van der Waals surface area contributed by atoms with Gasteiger partial charge in [0.2, 0.25) is 0 Å². The zero-order valence-electron chi connectivity index (χ0n) is 11.9. The highest BCUT2D eigenvalue weighted by atomic mass is 19.2. The third-order valence-corrected chi connectivity index (χ3v) is 4.05. The van der Waals surface area contributed by atoms with Crippen LogP contribution >= 0.6 is 0 Å². The van der Waals surface area contributed by atoms with Crippen molar-refractivity contribution >= 4 is 0 Å². The van der Waals surface area contributed by atoms with E-state index in [1.54, 1.807) is 6.92 Å². The molecular weight excluding hydrogens is 272 g/mol. The smallest absolute Gasteiger partial charge is 0.162 e. The molecule has 4 heteroatoms. The van der Waals surface area contributed by atoms with E-state index in [-0.39, 0.29) is 18.5 Å². The van der Waals surface area contributed by atoms with Crippen molar-refractivity contribution in [2.45, 2.75) is 24.9 Å². The summed E-state index contributed by atoms with van der Waals surface area (Å²) >= 11 is 0. The summed E-state index contributed by atoms with van der Waals surface area (Å²) in [6.07, 6.45) is -0.665. The van der Waals surface area contributed by atoms with Crippen LogP contribution in [-0.4, -0.2) is 17.8 Å². The molecule has 2 nitrogen and oxygen atoms in total. The minimum Gasteiger partial charge on any atom is -0.392 e. The summed E-state index contributed by atoms with van der Waals surface area (Å²) in [5.41, 5.74) is 6.07. The molecular formula is C17H19F2NO. The van der Waals surface area contributed by atoms with Crippen LogP contribution in [0.3, 0.4) is 0 Å². The molecule has 3 N–H and O–H groups in total. The van der Waals surface area contributed by atoms with Crippen LogP contribution in [-0.2, 0) is 11.8 Å². The Labute approximate surface area is 123 Å². The van der Waals surface area contributed by atoms with E-state index in [4.69, 9.17) is 5.73 Å². The summed E-state index contributed by atoms with van der Waals surface area (Å²) in [5.74, 6) is -1.77. The normalized spacial score (nSPS) is 15.5. The Kier molecular flexibility index (Phi) is 4.70.